The van der Waals surface area contributed by atoms with E-state index in [4.69, 9.17) is 0 Å². The van der Waals surface area contributed by atoms with Gasteiger partial charge in [0.25, 0.3) is 0 Å². The maximum Gasteiger partial charge on any atom is 0.515 e. The highest BCUT2D eigenvalue weighted by Crippen LogP contribution is 2.09. The minimum absolute atomic E-state index is 0.154. The summed E-state index contributed by atoms with van der Waals surface area (Å²) in [6.07, 6.45) is 0.914. The van der Waals surface area contributed by atoms with Crippen LogP contribution in [0.4, 0.5) is 4.79 Å². The quantitative estimate of drug-likeness (QED) is 0.345. The topological polar surface area (TPSA) is 87.8 Å². The van der Waals surface area contributed by atoms with Crippen LogP contribution in [0.25, 0.3) is 5.76 Å². The molecule has 1 aromatic carbocycles. The maximum atomic E-state index is 10.9. The Bertz CT molecular complexity index is 426. The van der Waals surface area contributed by atoms with Crippen molar-refractivity contribution in [1.82, 2.24) is 5.32 Å². The molecule has 0 bridgehead atoms. The van der Waals surface area contributed by atoms with E-state index in [1.807, 2.05) is 0 Å². The molecule has 6 heteroatoms. The Balaban J connectivity index is 2.83. The number of urea groups is 1. The molecule has 6 nitrogen and oxygen atoms in total. The molecule has 84 valence electrons. The highest BCUT2D eigenvalue weighted by molar-refractivity contribution is 5.64. The van der Waals surface area contributed by atoms with Crippen LogP contribution in [-0.4, -0.2) is 23.0 Å². The number of azo groups is 1. The zero-order valence-corrected chi connectivity index (χ0v) is 8.62. The summed E-state index contributed by atoms with van der Waals surface area (Å²) in [6, 6.07) is 7.64. The number of carbonyl (C=O) groups excluding carboxylic acids is 1. The van der Waals surface area contributed by atoms with Crippen molar-refractivity contribution in [2.45, 2.75) is 0 Å². The highest BCUT2D eigenvalue weighted by atomic mass is 16.5. The zero-order valence-electron chi connectivity index (χ0n) is 8.62. The molecule has 0 atom stereocenters. The Morgan fingerprint density at radius 2 is 2.12 bits per heavy atom. The van der Waals surface area contributed by atoms with Gasteiger partial charge in [-0.1, -0.05) is 40.3 Å². The molecule has 16 heavy (non-hydrogen) atoms. The van der Waals surface area contributed by atoms with Crippen LogP contribution in [-0.2, 0) is 0 Å². The first-order chi connectivity index (χ1) is 7.65. The van der Waals surface area contributed by atoms with Crippen LogP contribution >= 0.6 is 0 Å². The molecule has 0 saturated heterocycles. The van der Waals surface area contributed by atoms with Gasteiger partial charge in [-0.2, -0.15) is 4.79 Å². The number of rotatable bonds is 2. The lowest BCUT2D eigenvalue weighted by atomic mass is 10.2. The molecule has 0 aliphatic heterocycles. The van der Waals surface area contributed by atoms with Crippen LogP contribution in [0, 0.1) is 5.21 Å². The molecule has 0 aliphatic rings. The second-order valence-corrected chi connectivity index (χ2v) is 2.82. The zero-order chi connectivity index (χ0) is 12.0. The molecule has 0 aromatic heterocycles. The monoisotopic (exact) mass is 221 g/mol. The standard InChI is InChI=1S/C10H11N3O3/c1-11-10(15)13(16)12-7-9(14)8-5-3-2-4-6-8/h2-7,14H,1H3,(H,11,15)/b9-7-,13-12?. The summed E-state index contributed by atoms with van der Waals surface area (Å²) in [7, 11) is 1.31. The van der Waals surface area contributed by atoms with E-state index in [2.05, 4.69) is 10.4 Å². The van der Waals surface area contributed by atoms with E-state index in [0.717, 1.165) is 6.20 Å². The van der Waals surface area contributed by atoms with E-state index in [0.29, 0.717) is 5.56 Å². The third kappa shape index (κ3) is 3.09. The summed E-state index contributed by atoms with van der Waals surface area (Å²) in [4.78, 5) is 10.6. The van der Waals surface area contributed by atoms with Crippen molar-refractivity contribution >= 4 is 11.8 Å². The van der Waals surface area contributed by atoms with Gasteiger partial charge in [-0.25, -0.2) is 5.32 Å². The second-order valence-electron chi connectivity index (χ2n) is 2.82. The molecule has 0 radical (unpaired) electrons. The minimum Gasteiger partial charge on any atom is -0.688 e. The fourth-order valence-corrected chi connectivity index (χ4v) is 0.939. The summed E-state index contributed by atoms with van der Waals surface area (Å²) in [5.74, 6) is -0.189. The molecule has 0 fully saturated rings. The first-order valence-corrected chi connectivity index (χ1v) is 4.49. The molecule has 0 saturated carbocycles. The first kappa shape index (κ1) is 11.7. The average molecular weight is 221 g/mol. The molecule has 0 heterocycles. The Labute approximate surface area is 92.1 Å². The summed E-state index contributed by atoms with van der Waals surface area (Å²) in [5.41, 5.74) is 0.511. The van der Waals surface area contributed by atoms with Crippen molar-refractivity contribution in [3.63, 3.8) is 0 Å². The fourth-order valence-electron chi connectivity index (χ4n) is 0.939. The van der Waals surface area contributed by atoms with Crippen molar-refractivity contribution in [3.05, 3.63) is 47.3 Å². The van der Waals surface area contributed by atoms with Crippen LogP contribution in [0.1, 0.15) is 5.56 Å². The number of aliphatic hydroxyl groups excluding tert-OH is 1. The predicted molar refractivity (Wildman–Crippen MR) is 57.6 cm³/mol. The van der Waals surface area contributed by atoms with Crippen LogP contribution in [0.2, 0.25) is 0 Å². The number of carbonyl (C=O) groups is 1. The Kier molecular flexibility index (Phi) is 4.02. The Morgan fingerprint density at radius 3 is 2.69 bits per heavy atom. The smallest absolute Gasteiger partial charge is 0.515 e. The van der Waals surface area contributed by atoms with Gasteiger partial charge in [0.1, 0.15) is 12.0 Å². The number of nitrogens with zero attached hydrogens (tertiary/aromatic N) is 2. The summed E-state index contributed by atoms with van der Waals surface area (Å²) in [5, 5.41) is 25.7. The van der Waals surface area contributed by atoms with Gasteiger partial charge in [0.2, 0.25) is 0 Å². The third-order valence-corrected chi connectivity index (χ3v) is 1.74. The normalized spacial score (nSPS) is 12.3. The van der Waals surface area contributed by atoms with E-state index >= 15 is 0 Å². The van der Waals surface area contributed by atoms with Gasteiger partial charge in [0, 0.05) is 5.56 Å². The van der Waals surface area contributed by atoms with Crippen molar-refractivity contribution in [2.24, 2.45) is 5.11 Å². The van der Waals surface area contributed by atoms with Crippen molar-refractivity contribution < 1.29 is 14.8 Å². The molecule has 2 amide bonds. The molecule has 0 spiro atoms. The molecule has 2 N–H and O–H groups in total. The van der Waals surface area contributed by atoms with Crippen molar-refractivity contribution in [2.75, 3.05) is 7.05 Å². The predicted octanol–water partition coefficient (Wildman–Crippen LogP) is 1.84. The molecular formula is C10H11N3O3. The van der Waals surface area contributed by atoms with Crippen LogP contribution in [0.3, 0.4) is 0 Å². The Morgan fingerprint density at radius 1 is 1.50 bits per heavy atom. The second kappa shape index (κ2) is 5.50. The average Bonchev–Trinajstić information content (AvgIpc) is 2.35. The van der Waals surface area contributed by atoms with E-state index < -0.39 is 6.03 Å². The number of hydrogen-bond donors (Lipinski definition) is 2. The van der Waals surface area contributed by atoms with Crippen molar-refractivity contribution in [3.8, 4) is 0 Å². The lowest BCUT2D eigenvalue weighted by Gasteiger charge is -2.00. The third-order valence-electron chi connectivity index (χ3n) is 1.74. The van der Waals surface area contributed by atoms with Gasteiger partial charge in [-0.15, -0.1) is 0 Å². The minimum atomic E-state index is -0.905. The lowest BCUT2D eigenvalue weighted by Crippen LogP contribution is -2.24. The van der Waals surface area contributed by atoms with Gasteiger partial charge in [-0.05, 0) is 0 Å². The molecule has 0 aliphatic carbocycles. The van der Waals surface area contributed by atoms with Crippen LogP contribution in [0.5, 0.6) is 0 Å². The number of amides is 2. The Hall–Kier alpha value is -2.37. The highest BCUT2D eigenvalue weighted by Gasteiger charge is 2.04. The van der Waals surface area contributed by atoms with E-state index in [1.54, 1.807) is 30.3 Å². The largest absolute Gasteiger partial charge is 0.688 e. The maximum absolute atomic E-state index is 10.9. The first-order valence-electron chi connectivity index (χ1n) is 4.49. The van der Waals surface area contributed by atoms with E-state index in [-0.39, 0.29) is 10.6 Å². The van der Waals surface area contributed by atoms with Crippen molar-refractivity contribution in [1.29, 1.82) is 0 Å². The molecule has 0 unspecified atom stereocenters. The lowest BCUT2D eigenvalue weighted by molar-refractivity contribution is -0.424. The van der Waals surface area contributed by atoms with Gasteiger partial charge in [0.15, 0.2) is 0 Å². The number of hydroxylamine groups is 1. The number of benzene rings is 1. The summed E-state index contributed by atoms with van der Waals surface area (Å²) in [6.45, 7) is 0. The molecule has 1 aromatic rings. The van der Waals surface area contributed by atoms with Crippen LogP contribution in [0.15, 0.2) is 41.6 Å². The van der Waals surface area contributed by atoms with E-state index in [1.165, 1.54) is 7.05 Å². The molecular weight excluding hydrogens is 210 g/mol. The van der Waals surface area contributed by atoms with Gasteiger partial charge >= 0.3 is 6.03 Å². The van der Waals surface area contributed by atoms with E-state index in [9.17, 15) is 15.1 Å². The van der Waals surface area contributed by atoms with Gasteiger partial charge < -0.3 is 10.3 Å². The number of nitrogens with one attached hydrogen (secondary N) is 1. The van der Waals surface area contributed by atoms with Gasteiger partial charge in [-0.3, -0.25) is 0 Å². The van der Waals surface area contributed by atoms with Crippen LogP contribution < -0.4 is 5.32 Å². The summed E-state index contributed by atoms with van der Waals surface area (Å²) < 4.78 is 0. The number of aliphatic hydroxyl groups is 1. The summed E-state index contributed by atoms with van der Waals surface area (Å²) >= 11 is 0. The molecule has 1 rings (SSSR count). The fraction of sp³-hybridized carbons (Fsp3) is 0.100. The van der Waals surface area contributed by atoms with Gasteiger partial charge in [0.05, 0.1) is 7.05 Å². The SMILES string of the molecule is CNC(=O)[N+]([O-])=N/C=C(\O)c1ccccc1. The number of hydrogen-bond acceptors (Lipinski definition) is 4.